The summed E-state index contributed by atoms with van der Waals surface area (Å²) in [5, 5.41) is 8.92. The fourth-order valence-electron chi connectivity index (χ4n) is 3.81. The zero-order chi connectivity index (χ0) is 20.4. The van der Waals surface area contributed by atoms with Gasteiger partial charge in [0.2, 0.25) is 5.91 Å². The monoisotopic (exact) mass is 391 g/mol. The van der Waals surface area contributed by atoms with Crippen molar-refractivity contribution < 1.29 is 9.53 Å². The van der Waals surface area contributed by atoms with Gasteiger partial charge >= 0.3 is 0 Å². The van der Waals surface area contributed by atoms with Gasteiger partial charge in [0, 0.05) is 37.7 Å². The summed E-state index contributed by atoms with van der Waals surface area (Å²) in [6.45, 7) is 4.94. The fraction of sp³-hybridized carbons (Fsp3) is 0.348. The Hall–Kier alpha value is -3.15. The van der Waals surface area contributed by atoms with Crippen molar-refractivity contribution in [2.75, 3.05) is 0 Å². The molecule has 3 aromatic rings. The van der Waals surface area contributed by atoms with Crippen LogP contribution in [0.1, 0.15) is 37.1 Å². The Labute approximate surface area is 169 Å². The molecule has 150 valence electrons. The molecular formula is C23H25N3O3. The van der Waals surface area contributed by atoms with Crippen LogP contribution in [0.3, 0.4) is 0 Å². The Bertz CT molecular complexity index is 1120. The minimum Gasteiger partial charge on any atom is -0.490 e. The highest BCUT2D eigenvalue weighted by atomic mass is 16.5. The number of carbonyl (C=O) groups is 1. The Morgan fingerprint density at radius 1 is 1.24 bits per heavy atom. The molecule has 1 aliphatic heterocycles. The summed E-state index contributed by atoms with van der Waals surface area (Å²) >= 11 is 0. The first kappa shape index (κ1) is 19.2. The van der Waals surface area contributed by atoms with Gasteiger partial charge in [-0.1, -0.05) is 30.3 Å². The molecule has 0 fully saturated rings. The Morgan fingerprint density at radius 3 is 2.83 bits per heavy atom. The van der Waals surface area contributed by atoms with Crippen LogP contribution in [0.15, 0.2) is 47.3 Å². The van der Waals surface area contributed by atoms with Gasteiger partial charge in [-0.3, -0.25) is 9.59 Å². The normalized spacial score (nSPS) is 15.2. The van der Waals surface area contributed by atoms with Crippen LogP contribution >= 0.6 is 0 Å². The van der Waals surface area contributed by atoms with Crippen LogP contribution in [0.5, 0.6) is 5.75 Å². The second kappa shape index (κ2) is 8.07. The summed E-state index contributed by atoms with van der Waals surface area (Å²) < 4.78 is 7.18. The standard InChI is InChI=1S/C23H25N3O3/c1-3-26-23(28)19-7-5-4-6-18(19)20(25-26)9-11-22(27)24-14-16-8-10-21-17(13-16)12-15(2)29-21/h4-8,10,13,15H,3,9,11-12,14H2,1-2H3,(H,24,27). The van der Waals surface area contributed by atoms with Gasteiger partial charge < -0.3 is 10.1 Å². The Morgan fingerprint density at radius 2 is 2.03 bits per heavy atom. The number of amides is 1. The molecule has 4 rings (SSSR count). The molecule has 1 amide bonds. The Balaban J connectivity index is 1.41. The maximum atomic E-state index is 12.4. The molecule has 6 heteroatoms. The lowest BCUT2D eigenvalue weighted by atomic mass is 10.1. The summed E-state index contributed by atoms with van der Waals surface area (Å²) in [5.41, 5.74) is 2.95. The minimum absolute atomic E-state index is 0.0322. The molecule has 1 unspecified atom stereocenters. The van der Waals surface area contributed by atoms with E-state index in [9.17, 15) is 9.59 Å². The molecule has 0 radical (unpaired) electrons. The number of rotatable bonds is 6. The van der Waals surface area contributed by atoms with Crippen LogP contribution in [0.25, 0.3) is 10.8 Å². The highest BCUT2D eigenvalue weighted by molar-refractivity contribution is 5.84. The van der Waals surface area contributed by atoms with E-state index in [1.54, 1.807) is 0 Å². The van der Waals surface area contributed by atoms with E-state index in [-0.39, 0.29) is 17.6 Å². The molecule has 6 nitrogen and oxygen atoms in total. The van der Waals surface area contributed by atoms with Crippen molar-refractivity contribution in [1.82, 2.24) is 15.1 Å². The van der Waals surface area contributed by atoms with Crippen LogP contribution in [-0.4, -0.2) is 21.8 Å². The van der Waals surface area contributed by atoms with E-state index >= 15 is 0 Å². The quantitative estimate of drug-likeness (QED) is 0.701. The predicted molar refractivity (Wildman–Crippen MR) is 112 cm³/mol. The molecule has 1 aromatic heterocycles. The second-order valence-electron chi connectivity index (χ2n) is 7.46. The summed E-state index contributed by atoms with van der Waals surface area (Å²) in [7, 11) is 0. The molecule has 0 saturated carbocycles. The smallest absolute Gasteiger partial charge is 0.274 e. The van der Waals surface area contributed by atoms with Crippen LogP contribution < -0.4 is 15.6 Å². The SMILES string of the molecule is CCn1nc(CCC(=O)NCc2ccc3c(c2)CC(C)O3)c2ccccc2c1=O. The number of hydrogen-bond donors (Lipinski definition) is 1. The van der Waals surface area contributed by atoms with Gasteiger partial charge in [-0.15, -0.1) is 0 Å². The second-order valence-corrected chi connectivity index (χ2v) is 7.46. The highest BCUT2D eigenvalue weighted by Gasteiger charge is 2.19. The third kappa shape index (κ3) is 4.01. The first-order valence-electron chi connectivity index (χ1n) is 10.1. The van der Waals surface area contributed by atoms with Crippen LogP contribution in [-0.2, 0) is 30.7 Å². The first-order valence-corrected chi connectivity index (χ1v) is 10.1. The van der Waals surface area contributed by atoms with Crippen LogP contribution in [0, 0.1) is 0 Å². The molecule has 0 spiro atoms. The van der Waals surface area contributed by atoms with Gasteiger partial charge in [-0.2, -0.15) is 5.10 Å². The van der Waals surface area contributed by atoms with Crippen molar-refractivity contribution in [2.45, 2.75) is 52.3 Å². The van der Waals surface area contributed by atoms with E-state index in [0.29, 0.717) is 31.3 Å². The van der Waals surface area contributed by atoms with E-state index in [1.807, 2.05) is 43.3 Å². The number of aromatic nitrogens is 2. The van der Waals surface area contributed by atoms with E-state index in [4.69, 9.17) is 4.74 Å². The lowest BCUT2D eigenvalue weighted by molar-refractivity contribution is -0.121. The third-order valence-corrected chi connectivity index (χ3v) is 5.28. The molecule has 29 heavy (non-hydrogen) atoms. The van der Waals surface area contributed by atoms with E-state index in [0.717, 1.165) is 28.8 Å². The topological polar surface area (TPSA) is 73.2 Å². The summed E-state index contributed by atoms with van der Waals surface area (Å²) in [5.74, 6) is 0.909. The molecule has 2 heterocycles. The molecule has 0 bridgehead atoms. The first-order chi connectivity index (χ1) is 14.0. The van der Waals surface area contributed by atoms with E-state index in [1.165, 1.54) is 10.2 Å². The van der Waals surface area contributed by atoms with Crippen molar-refractivity contribution in [1.29, 1.82) is 0 Å². The van der Waals surface area contributed by atoms with Crippen molar-refractivity contribution in [3.8, 4) is 5.75 Å². The van der Waals surface area contributed by atoms with E-state index < -0.39 is 0 Å². The van der Waals surface area contributed by atoms with Crippen LogP contribution in [0.4, 0.5) is 0 Å². The summed E-state index contributed by atoms with van der Waals surface area (Å²) in [6.07, 6.45) is 1.93. The van der Waals surface area contributed by atoms with Gasteiger partial charge in [-0.25, -0.2) is 4.68 Å². The number of fused-ring (bicyclic) bond motifs is 2. The number of ether oxygens (including phenoxy) is 1. The largest absolute Gasteiger partial charge is 0.490 e. The van der Waals surface area contributed by atoms with Gasteiger partial charge in [-0.05, 0) is 37.1 Å². The average Bonchev–Trinajstić information content (AvgIpc) is 3.11. The van der Waals surface area contributed by atoms with Crippen molar-refractivity contribution in [2.24, 2.45) is 0 Å². The number of carbonyl (C=O) groups excluding carboxylic acids is 1. The molecule has 0 saturated heterocycles. The van der Waals surface area contributed by atoms with Crippen molar-refractivity contribution in [3.05, 3.63) is 69.6 Å². The number of nitrogens with zero attached hydrogens (tertiary/aromatic N) is 2. The molecule has 1 aliphatic rings. The minimum atomic E-state index is -0.0915. The zero-order valence-corrected chi connectivity index (χ0v) is 16.8. The average molecular weight is 391 g/mol. The molecule has 2 aromatic carbocycles. The summed E-state index contributed by atoms with van der Waals surface area (Å²) in [4.78, 5) is 24.8. The maximum absolute atomic E-state index is 12.4. The third-order valence-electron chi connectivity index (χ3n) is 5.28. The molecule has 1 atom stereocenters. The number of nitrogens with one attached hydrogen (secondary N) is 1. The fourth-order valence-corrected chi connectivity index (χ4v) is 3.81. The number of aryl methyl sites for hydroxylation is 2. The highest BCUT2D eigenvalue weighted by Crippen LogP contribution is 2.29. The predicted octanol–water partition coefficient (Wildman–Crippen LogP) is 2.99. The van der Waals surface area contributed by atoms with Crippen molar-refractivity contribution in [3.63, 3.8) is 0 Å². The van der Waals surface area contributed by atoms with Crippen LogP contribution in [0.2, 0.25) is 0 Å². The zero-order valence-electron chi connectivity index (χ0n) is 16.8. The molecular weight excluding hydrogens is 366 g/mol. The van der Waals surface area contributed by atoms with Gasteiger partial charge in [0.1, 0.15) is 11.9 Å². The number of hydrogen-bond acceptors (Lipinski definition) is 4. The molecule has 0 aliphatic carbocycles. The molecule has 1 N–H and O–H groups in total. The lowest BCUT2D eigenvalue weighted by Crippen LogP contribution is -2.26. The summed E-state index contributed by atoms with van der Waals surface area (Å²) in [6, 6.07) is 13.5. The van der Waals surface area contributed by atoms with Gasteiger partial charge in [0.15, 0.2) is 0 Å². The van der Waals surface area contributed by atoms with Crippen molar-refractivity contribution >= 4 is 16.7 Å². The Kier molecular flexibility index (Phi) is 5.34. The van der Waals surface area contributed by atoms with Gasteiger partial charge in [0.25, 0.3) is 5.56 Å². The lowest BCUT2D eigenvalue weighted by Gasteiger charge is -2.10. The maximum Gasteiger partial charge on any atom is 0.274 e. The van der Waals surface area contributed by atoms with Gasteiger partial charge in [0.05, 0.1) is 11.1 Å². The number of benzene rings is 2. The van der Waals surface area contributed by atoms with E-state index in [2.05, 4.69) is 23.4 Å².